The number of carbonyl (C=O) groups excluding carboxylic acids is 3. The Labute approximate surface area is 418 Å². The SMILES string of the molecule is CCCCCCCCC(CCCCCCC)C(=O)OCCCCCCCCCC(CCCCCCCCCOC(=O)C(CCCCCCC)CCCCCCCC)OC(=O)CCCCN(C)C. The first-order valence-electron chi connectivity index (χ1n) is 30.0. The van der Waals surface area contributed by atoms with Crippen LogP contribution >= 0.6 is 0 Å². The third kappa shape index (κ3) is 46.5. The van der Waals surface area contributed by atoms with Gasteiger partial charge >= 0.3 is 17.9 Å². The van der Waals surface area contributed by atoms with Crippen molar-refractivity contribution >= 4 is 17.9 Å². The van der Waals surface area contributed by atoms with Crippen molar-refractivity contribution in [3.8, 4) is 0 Å². The molecule has 398 valence electrons. The maximum Gasteiger partial charge on any atom is 0.308 e. The highest BCUT2D eigenvalue weighted by Crippen LogP contribution is 2.24. The number of hydrogen-bond acceptors (Lipinski definition) is 7. The summed E-state index contributed by atoms with van der Waals surface area (Å²) in [6, 6.07) is 0. The third-order valence-corrected chi connectivity index (χ3v) is 14.2. The average Bonchev–Trinajstić information content (AvgIpc) is 3.31. The molecule has 0 aromatic heterocycles. The smallest absolute Gasteiger partial charge is 0.308 e. The van der Waals surface area contributed by atoms with E-state index in [9.17, 15) is 14.4 Å². The molecule has 0 aliphatic carbocycles. The highest BCUT2D eigenvalue weighted by Gasteiger charge is 2.21. The van der Waals surface area contributed by atoms with E-state index in [0.29, 0.717) is 19.6 Å². The van der Waals surface area contributed by atoms with Crippen molar-refractivity contribution in [3.63, 3.8) is 0 Å². The number of rotatable bonds is 54. The number of unbranched alkanes of at least 4 members (excludes halogenated alkanes) is 31. The summed E-state index contributed by atoms with van der Waals surface area (Å²) in [6.07, 6.45) is 52.0. The topological polar surface area (TPSA) is 82.1 Å². The molecule has 0 N–H and O–H groups in total. The van der Waals surface area contributed by atoms with E-state index in [1.54, 1.807) is 0 Å². The normalized spacial score (nSPS) is 12.9. The molecule has 7 nitrogen and oxygen atoms in total. The summed E-state index contributed by atoms with van der Waals surface area (Å²) < 4.78 is 17.8. The van der Waals surface area contributed by atoms with Gasteiger partial charge in [-0.2, -0.15) is 0 Å². The van der Waals surface area contributed by atoms with Crippen LogP contribution in [0.25, 0.3) is 0 Å². The molecule has 0 aromatic rings. The predicted octanol–water partition coefficient (Wildman–Crippen LogP) is 18.4. The molecule has 0 amide bonds. The highest BCUT2D eigenvalue weighted by molar-refractivity contribution is 5.72. The number of esters is 3. The van der Waals surface area contributed by atoms with Crippen LogP contribution in [0.5, 0.6) is 0 Å². The first-order chi connectivity index (χ1) is 32.8. The molecule has 0 rings (SSSR count). The van der Waals surface area contributed by atoms with Gasteiger partial charge in [0, 0.05) is 6.42 Å². The minimum absolute atomic E-state index is 0.0217. The zero-order chi connectivity index (χ0) is 49.1. The molecule has 0 bridgehead atoms. The molecular formula is C60H117NO6. The fourth-order valence-electron chi connectivity index (χ4n) is 9.59. The lowest BCUT2D eigenvalue weighted by molar-refractivity contribution is -0.150. The summed E-state index contributed by atoms with van der Waals surface area (Å²) in [4.78, 5) is 41.1. The molecule has 0 fully saturated rings. The number of hydrogen-bond donors (Lipinski definition) is 0. The second-order valence-corrected chi connectivity index (χ2v) is 21.1. The van der Waals surface area contributed by atoms with Crippen LogP contribution in [0.2, 0.25) is 0 Å². The Kier molecular flexibility index (Phi) is 50.9. The van der Waals surface area contributed by atoms with Gasteiger partial charge in [0.05, 0.1) is 25.0 Å². The van der Waals surface area contributed by atoms with E-state index in [1.807, 2.05) is 0 Å². The van der Waals surface area contributed by atoms with Gasteiger partial charge in [-0.1, -0.05) is 233 Å². The molecule has 2 unspecified atom stereocenters. The van der Waals surface area contributed by atoms with Crippen LogP contribution in [0.1, 0.15) is 317 Å². The second-order valence-electron chi connectivity index (χ2n) is 21.1. The van der Waals surface area contributed by atoms with Gasteiger partial charge in [-0.25, -0.2) is 0 Å². The van der Waals surface area contributed by atoms with Crippen molar-refractivity contribution in [1.29, 1.82) is 0 Å². The van der Waals surface area contributed by atoms with Crippen molar-refractivity contribution in [1.82, 2.24) is 4.90 Å². The molecule has 0 saturated heterocycles. The van der Waals surface area contributed by atoms with Gasteiger partial charge in [-0.3, -0.25) is 14.4 Å². The molecule has 0 saturated carbocycles. The third-order valence-electron chi connectivity index (χ3n) is 14.2. The van der Waals surface area contributed by atoms with Crippen molar-refractivity contribution in [3.05, 3.63) is 0 Å². The van der Waals surface area contributed by atoms with E-state index in [2.05, 4.69) is 46.7 Å². The van der Waals surface area contributed by atoms with E-state index < -0.39 is 0 Å². The molecule has 0 aromatic carbocycles. The van der Waals surface area contributed by atoms with Crippen LogP contribution in [0.3, 0.4) is 0 Å². The van der Waals surface area contributed by atoms with Crippen LogP contribution in [0.4, 0.5) is 0 Å². The molecule has 0 radical (unpaired) electrons. The monoisotopic (exact) mass is 948 g/mol. The molecule has 2 atom stereocenters. The summed E-state index contributed by atoms with van der Waals surface area (Å²) in [5.41, 5.74) is 0. The van der Waals surface area contributed by atoms with Crippen LogP contribution < -0.4 is 0 Å². The van der Waals surface area contributed by atoms with Gasteiger partial charge < -0.3 is 19.1 Å². The molecule has 0 aliphatic rings. The van der Waals surface area contributed by atoms with Crippen LogP contribution in [0.15, 0.2) is 0 Å². The molecule has 0 spiro atoms. The van der Waals surface area contributed by atoms with Gasteiger partial charge in [-0.05, 0) is 97.7 Å². The Morgan fingerprint density at radius 1 is 0.343 bits per heavy atom. The van der Waals surface area contributed by atoms with Gasteiger partial charge in [0.15, 0.2) is 0 Å². The van der Waals surface area contributed by atoms with E-state index >= 15 is 0 Å². The lowest BCUT2D eigenvalue weighted by Crippen LogP contribution is -2.19. The van der Waals surface area contributed by atoms with Crippen molar-refractivity contribution in [2.24, 2.45) is 11.8 Å². The molecule has 0 aliphatic heterocycles. The highest BCUT2D eigenvalue weighted by atomic mass is 16.5. The van der Waals surface area contributed by atoms with Gasteiger partial charge in [0.25, 0.3) is 0 Å². The Morgan fingerprint density at radius 2 is 0.627 bits per heavy atom. The molecular weight excluding hydrogens is 831 g/mol. The van der Waals surface area contributed by atoms with Crippen LogP contribution in [-0.4, -0.2) is 62.8 Å². The average molecular weight is 949 g/mol. The minimum atomic E-state index is -0.0217. The van der Waals surface area contributed by atoms with Crippen LogP contribution in [0, 0.1) is 11.8 Å². The number of ether oxygens (including phenoxy) is 3. The van der Waals surface area contributed by atoms with Gasteiger partial charge in [-0.15, -0.1) is 0 Å². The number of nitrogens with zero attached hydrogens (tertiary/aromatic N) is 1. The summed E-state index contributed by atoms with van der Waals surface area (Å²) in [7, 11) is 4.16. The molecule has 0 heterocycles. The quantitative estimate of drug-likeness (QED) is 0.0341. The Morgan fingerprint density at radius 3 is 0.940 bits per heavy atom. The Hall–Kier alpha value is -1.63. The standard InChI is InChI=1S/C60H117NO6/c1-7-11-15-19-29-37-47-55(45-35-27-17-13-9-3)59(63)65-53-43-33-25-21-23-31-39-49-57(67-58(62)51-41-42-52-61(5)6)50-40-32-24-22-26-34-44-54-66-60(64)56(46-36-28-18-14-10-4)48-38-30-20-16-12-8-2/h55-57H,7-54H2,1-6H3. The summed E-state index contributed by atoms with van der Waals surface area (Å²) in [5.74, 6) is 0.277. The van der Waals surface area contributed by atoms with E-state index in [4.69, 9.17) is 14.2 Å². The fourth-order valence-corrected chi connectivity index (χ4v) is 9.59. The predicted molar refractivity (Wildman–Crippen MR) is 288 cm³/mol. The zero-order valence-electron chi connectivity index (χ0n) is 46.1. The lowest BCUT2D eigenvalue weighted by atomic mass is 9.94. The van der Waals surface area contributed by atoms with Gasteiger partial charge in [0.2, 0.25) is 0 Å². The number of carbonyl (C=O) groups is 3. The first-order valence-corrected chi connectivity index (χ1v) is 30.0. The minimum Gasteiger partial charge on any atom is -0.465 e. The largest absolute Gasteiger partial charge is 0.465 e. The van der Waals surface area contributed by atoms with Gasteiger partial charge in [0.1, 0.15) is 6.10 Å². The van der Waals surface area contributed by atoms with Crippen molar-refractivity contribution in [2.45, 2.75) is 323 Å². The van der Waals surface area contributed by atoms with Crippen molar-refractivity contribution in [2.75, 3.05) is 33.9 Å². The maximum atomic E-state index is 13.1. The van der Waals surface area contributed by atoms with E-state index in [-0.39, 0.29) is 35.8 Å². The molecule has 67 heavy (non-hydrogen) atoms. The Bertz CT molecular complexity index is 984. The summed E-state index contributed by atoms with van der Waals surface area (Å²) >= 11 is 0. The van der Waals surface area contributed by atoms with Crippen molar-refractivity contribution < 1.29 is 28.6 Å². The van der Waals surface area contributed by atoms with Crippen LogP contribution in [-0.2, 0) is 28.6 Å². The fraction of sp³-hybridized carbons (Fsp3) is 0.950. The second kappa shape index (κ2) is 52.2. The maximum absolute atomic E-state index is 13.1. The summed E-state index contributed by atoms with van der Waals surface area (Å²) in [6.45, 7) is 11.2. The first kappa shape index (κ1) is 65.4. The Balaban J connectivity index is 4.49. The zero-order valence-corrected chi connectivity index (χ0v) is 46.1. The molecule has 7 heteroatoms. The summed E-state index contributed by atoms with van der Waals surface area (Å²) in [5, 5.41) is 0. The lowest BCUT2D eigenvalue weighted by Gasteiger charge is -2.18. The van der Waals surface area contributed by atoms with E-state index in [1.165, 1.54) is 167 Å². The van der Waals surface area contributed by atoms with E-state index in [0.717, 1.165) is 122 Å².